The minimum Gasteiger partial charge on any atom is -0.179 e. The lowest BCUT2D eigenvalue weighted by Gasteiger charge is -1.95. The van der Waals surface area contributed by atoms with Crippen LogP contribution in [0.25, 0.3) is 0 Å². The van der Waals surface area contributed by atoms with Gasteiger partial charge in [-0.15, -0.1) is 20.4 Å². The van der Waals surface area contributed by atoms with Crippen LogP contribution in [0.15, 0.2) is 0 Å². The lowest BCUT2D eigenvalue weighted by molar-refractivity contribution is 0.717. The van der Waals surface area contributed by atoms with Gasteiger partial charge in [-0.1, -0.05) is 0 Å². The van der Waals surface area contributed by atoms with Gasteiger partial charge in [0, 0.05) is 12.8 Å². The summed E-state index contributed by atoms with van der Waals surface area (Å²) in [5, 5.41) is 15.5. The van der Waals surface area contributed by atoms with Crippen molar-refractivity contribution in [3.8, 4) is 0 Å². The molecule has 0 atom stereocenters. The molecule has 12 heavy (non-hydrogen) atoms. The van der Waals surface area contributed by atoms with Gasteiger partial charge in [0.2, 0.25) is 0 Å². The summed E-state index contributed by atoms with van der Waals surface area (Å²) in [5.41, 5.74) is 0. The average molecular weight is 202 g/mol. The first kappa shape index (κ1) is 9.73. The third-order valence-electron chi connectivity index (χ3n) is 1.23. The number of aromatic nitrogens is 4. The van der Waals surface area contributed by atoms with Crippen molar-refractivity contribution in [2.75, 3.05) is 11.5 Å². The van der Waals surface area contributed by atoms with Crippen LogP contribution in [-0.4, -0.2) is 31.9 Å². The fraction of sp³-hybridized carbons (Fsp3) is 0.667. The van der Waals surface area contributed by atoms with Gasteiger partial charge < -0.3 is 0 Å². The molecule has 1 rings (SSSR count). The number of thiol groups is 2. The van der Waals surface area contributed by atoms with Gasteiger partial charge in [-0.25, -0.2) is 0 Å². The summed E-state index contributed by atoms with van der Waals surface area (Å²) >= 11 is 8.10. The minimum absolute atomic E-state index is 0.646. The van der Waals surface area contributed by atoms with Gasteiger partial charge in [0.15, 0.2) is 11.6 Å². The second-order valence-corrected chi connectivity index (χ2v) is 3.07. The van der Waals surface area contributed by atoms with Gasteiger partial charge in [-0.05, 0) is 11.5 Å². The molecule has 4 nitrogen and oxygen atoms in total. The van der Waals surface area contributed by atoms with Crippen molar-refractivity contribution in [2.24, 2.45) is 0 Å². The van der Waals surface area contributed by atoms with Crippen LogP contribution in [0.1, 0.15) is 11.6 Å². The van der Waals surface area contributed by atoms with E-state index in [9.17, 15) is 0 Å². The minimum atomic E-state index is 0.646. The SMILES string of the molecule is SCCc1nnc(CCS)nn1. The van der Waals surface area contributed by atoms with E-state index in [1.807, 2.05) is 0 Å². The van der Waals surface area contributed by atoms with Crippen LogP contribution in [0.2, 0.25) is 0 Å². The lowest BCUT2D eigenvalue weighted by Crippen LogP contribution is -2.06. The van der Waals surface area contributed by atoms with Gasteiger partial charge in [0.25, 0.3) is 0 Å². The Balaban J connectivity index is 2.58. The lowest BCUT2D eigenvalue weighted by atomic mass is 10.4. The first-order chi connectivity index (χ1) is 5.86. The van der Waals surface area contributed by atoms with E-state index in [0.717, 1.165) is 11.5 Å². The highest BCUT2D eigenvalue weighted by Crippen LogP contribution is 1.92. The smallest absolute Gasteiger partial charge is 0.174 e. The van der Waals surface area contributed by atoms with E-state index in [2.05, 4.69) is 45.7 Å². The van der Waals surface area contributed by atoms with Crippen molar-refractivity contribution in [3.63, 3.8) is 0 Å². The van der Waals surface area contributed by atoms with Crippen molar-refractivity contribution in [1.29, 1.82) is 0 Å². The maximum Gasteiger partial charge on any atom is 0.174 e. The summed E-state index contributed by atoms with van der Waals surface area (Å²) in [5.74, 6) is 2.73. The molecule has 0 aliphatic carbocycles. The van der Waals surface area contributed by atoms with Crippen molar-refractivity contribution >= 4 is 25.3 Å². The van der Waals surface area contributed by atoms with Gasteiger partial charge in [0.05, 0.1) is 0 Å². The van der Waals surface area contributed by atoms with E-state index in [1.165, 1.54) is 0 Å². The maximum absolute atomic E-state index is 4.05. The third kappa shape index (κ3) is 2.94. The molecule has 66 valence electrons. The molecule has 6 heteroatoms. The summed E-state index contributed by atoms with van der Waals surface area (Å²) in [6.07, 6.45) is 1.43. The van der Waals surface area contributed by atoms with Crippen molar-refractivity contribution in [1.82, 2.24) is 20.4 Å². The van der Waals surface area contributed by atoms with E-state index < -0.39 is 0 Å². The quantitative estimate of drug-likeness (QED) is 0.685. The zero-order chi connectivity index (χ0) is 8.81. The van der Waals surface area contributed by atoms with Crippen LogP contribution < -0.4 is 0 Å². The molecule has 0 spiro atoms. The fourth-order valence-electron chi connectivity index (χ4n) is 0.671. The molecule has 1 heterocycles. The molecule has 0 radical (unpaired) electrons. The van der Waals surface area contributed by atoms with Gasteiger partial charge in [-0.3, -0.25) is 0 Å². The average Bonchev–Trinajstić information content (AvgIpc) is 2.09. The first-order valence-electron chi connectivity index (χ1n) is 3.63. The Labute approximate surface area is 82.0 Å². The molecule has 1 aromatic heterocycles. The number of aryl methyl sites for hydroxylation is 2. The van der Waals surface area contributed by atoms with Crippen LogP contribution >= 0.6 is 25.3 Å². The normalized spacial score (nSPS) is 10.2. The Kier molecular flexibility index (Phi) is 4.31. The molecule has 0 aliphatic heterocycles. The molecule has 0 aromatic carbocycles. The predicted molar refractivity (Wildman–Crippen MR) is 52.7 cm³/mol. The van der Waals surface area contributed by atoms with Crippen LogP contribution in [0.5, 0.6) is 0 Å². The van der Waals surface area contributed by atoms with E-state index in [0.29, 0.717) is 24.5 Å². The van der Waals surface area contributed by atoms with E-state index >= 15 is 0 Å². The van der Waals surface area contributed by atoms with Crippen LogP contribution in [0.4, 0.5) is 0 Å². The molecular weight excluding hydrogens is 192 g/mol. The number of hydrogen-bond donors (Lipinski definition) is 2. The molecule has 0 unspecified atom stereocenters. The first-order valence-corrected chi connectivity index (χ1v) is 4.90. The predicted octanol–water partition coefficient (Wildman–Crippen LogP) is 0.211. The number of nitrogens with zero attached hydrogens (tertiary/aromatic N) is 4. The van der Waals surface area contributed by atoms with Gasteiger partial charge >= 0.3 is 0 Å². The molecule has 0 amide bonds. The van der Waals surface area contributed by atoms with Crippen LogP contribution in [-0.2, 0) is 12.8 Å². The van der Waals surface area contributed by atoms with Crippen molar-refractivity contribution < 1.29 is 0 Å². The summed E-state index contributed by atoms with van der Waals surface area (Å²) in [7, 11) is 0. The largest absolute Gasteiger partial charge is 0.179 e. The van der Waals surface area contributed by atoms with E-state index in [1.54, 1.807) is 0 Å². The third-order valence-corrected chi connectivity index (χ3v) is 1.68. The molecule has 0 fully saturated rings. The van der Waals surface area contributed by atoms with Crippen LogP contribution in [0.3, 0.4) is 0 Å². The zero-order valence-electron chi connectivity index (χ0n) is 6.51. The summed E-state index contributed by atoms with van der Waals surface area (Å²) < 4.78 is 0. The summed E-state index contributed by atoms with van der Waals surface area (Å²) in [6, 6.07) is 0. The zero-order valence-corrected chi connectivity index (χ0v) is 8.30. The van der Waals surface area contributed by atoms with Gasteiger partial charge in [0.1, 0.15) is 0 Å². The molecule has 0 saturated carbocycles. The van der Waals surface area contributed by atoms with Gasteiger partial charge in [-0.2, -0.15) is 25.3 Å². The monoisotopic (exact) mass is 202 g/mol. The highest BCUT2D eigenvalue weighted by molar-refractivity contribution is 7.80. The van der Waals surface area contributed by atoms with Crippen LogP contribution in [0, 0.1) is 0 Å². The molecule has 0 bridgehead atoms. The standard InChI is InChI=1S/C6H10N4S2/c11-3-1-5-7-9-6(2-4-12)10-8-5/h11-12H,1-4H2. The van der Waals surface area contributed by atoms with Crippen molar-refractivity contribution in [3.05, 3.63) is 11.6 Å². The molecule has 0 saturated heterocycles. The number of hydrogen-bond acceptors (Lipinski definition) is 6. The highest BCUT2D eigenvalue weighted by Gasteiger charge is 1.98. The molecule has 0 aliphatic rings. The van der Waals surface area contributed by atoms with E-state index in [-0.39, 0.29) is 0 Å². The Bertz CT molecular complexity index is 200. The Morgan fingerprint density at radius 2 is 1.08 bits per heavy atom. The second kappa shape index (κ2) is 5.31. The number of rotatable bonds is 4. The Morgan fingerprint density at radius 3 is 1.33 bits per heavy atom. The Hall–Kier alpha value is -0.360. The van der Waals surface area contributed by atoms with E-state index in [4.69, 9.17) is 0 Å². The highest BCUT2D eigenvalue weighted by atomic mass is 32.1. The Morgan fingerprint density at radius 1 is 0.750 bits per heavy atom. The topological polar surface area (TPSA) is 51.6 Å². The summed E-state index contributed by atoms with van der Waals surface area (Å²) in [4.78, 5) is 0. The molecule has 1 aromatic rings. The second-order valence-electron chi connectivity index (χ2n) is 2.18. The van der Waals surface area contributed by atoms with Crippen molar-refractivity contribution in [2.45, 2.75) is 12.8 Å². The maximum atomic E-state index is 4.05. The molecular formula is C6H10N4S2. The fourth-order valence-corrected chi connectivity index (χ4v) is 1.07. The summed E-state index contributed by atoms with van der Waals surface area (Å²) in [6.45, 7) is 0. The molecule has 0 N–H and O–H groups in total.